The van der Waals surface area contributed by atoms with Crippen molar-refractivity contribution in [2.75, 3.05) is 0 Å². The van der Waals surface area contributed by atoms with E-state index in [0.717, 1.165) is 31.1 Å². The Labute approximate surface area is 128 Å². The molecular weight excluding hydrogens is 256 g/mol. The summed E-state index contributed by atoms with van der Waals surface area (Å²) in [6.45, 7) is 7.07. The quantitative estimate of drug-likeness (QED) is 0.576. The number of allylic oxidation sites excluding steroid dienone is 4. The molecule has 0 radical (unpaired) electrons. The third-order valence-electron chi connectivity index (χ3n) is 7.56. The maximum atomic E-state index is 12.4. The van der Waals surface area contributed by atoms with Crippen molar-refractivity contribution in [2.24, 2.45) is 34.5 Å². The van der Waals surface area contributed by atoms with Crippen molar-refractivity contribution in [2.45, 2.75) is 59.3 Å². The Morgan fingerprint density at radius 2 is 2.00 bits per heavy atom. The zero-order chi connectivity index (χ0) is 14.8. The molecule has 21 heavy (non-hydrogen) atoms. The number of fused-ring (bicyclic) bond motifs is 5. The fourth-order valence-electron chi connectivity index (χ4n) is 6.18. The van der Waals surface area contributed by atoms with Crippen molar-refractivity contribution in [1.29, 1.82) is 0 Å². The first-order chi connectivity index (χ1) is 9.95. The van der Waals surface area contributed by atoms with Crippen molar-refractivity contribution in [3.05, 3.63) is 23.8 Å². The second-order valence-electron chi connectivity index (χ2n) is 8.58. The van der Waals surface area contributed by atoms with Crippen LogP contribution in [-0.2, 0) is 4.79 Å². The molecule has 1 heteroatoms. The molecule has 2 fully saturated rings. The average Bonchev–Trinajstić information content (AvgIpc) is 2.76. The summed E-state index contributed by atoms with van der Waals surface area (Å²) in [4.78, 5) is 12.4. The van der Waals surface area contributed by atoms with E-state index in [0.29, 0.717) is 17.6 Å². The molecule has 0 aromatic carbocycles. The summed E-state index contributed by atoms with van der Waals surface area (Å²) in [5.41, 5.74) is 1.98. The van der Waals surface area contributed by atoms with E-state index in [1.165, 1.54) is 19.3 Å². The van der Waals surface area contributed by atoms with Crippen LogP contribution in [0.1, 0.15) is 59.3 Å². The van der Waals surface area contributed by atoms with Crippen LogP contribution in [0, 0.1) is 34.5 Å². The van der Waals surface area contributed by atoms with Crippen molar-refractivity contribution >= 4 is 5.78 Å². The van der Waals surface area contributed by atoms with Gasteiger partial charge in [0.25, 0.3) is 0 Å². The number of hydrogen-bond acceptors (Lipinski definition) is 1. The van der Waals surface area contributed by atoms with Crippen LogP contribution in [0.2, 0.25) is 0 Å². The Hall–Kier alpha value is -0.850. The number of ketones is 1. The Kier molecular flexibility index (Phi) is 2.85. The number of rotatable bonds is 0. The van der Waals surface area contributed by atoms with Crippen LogP contribution < -0.4 is 0 Å². The van der Waals surface area contributed by atoms with Gasteiger partial charge in [-0.2, -0.15) is 0 Å². The molecule has 1 nitrogen and oxygen atoms in total. The highest BCUT2D eigenvalue weighted by atomic mass is 16.1. The van der Waals surface area contributed by atoms with Crippen LogP contribution >= 0.6 is 0 Å². The minimum absolute atomic E-state index is 0.00847. The van der Waals surface area contributed by atoms with Gasteiger partial charge in [0.05, 0.1) is 0 Å². The molecule has 6 unspecified atom stereocenters. The maximum absolute atomic E-state index is 12.4. The Bertz CT molecular complexity index is 542. The van der Waals surface area contributed by atoms with E-state index in [2.05, 4.69) is 39.0 Å². The zero-order valence-electron chi connectivity index (χ0n) is 13.7. The Morgan fingerprint density at radius 3 is 2.81 bits per heavy atom. The molecule has 0 heterocycles. The largest absolute Gasteiger partial charge is 0.299 e. The highest BCUT2D eigenvalue weighted by Gasteiger charge is 2.57. The molecule has 0 spiro atoms. The standard InChI is InChI=1S/C20H28O/c1-13-8-10-19(2)14(12-13)4-5-15-16-6-7-18(21)20(16,3)11-9-17(15)19/h4,8,10,13,15-17H,5-7,9,11-12H2,1-3H3. The van der Waals surface area contributed by atoms with E-state index in [-0.39, 0.29) is 10.8 Å². The van der Waals surface area contributed by atoms with Crippen molar-refractivity contribution in [1.82, 2.24) is 0 Å². The van der Waals surface area contributed by atoms with Crippen LogP contribution in [0.15, 0.2) is 23.8 Å². The normalized spacial score (nSPS) is 52.0. The fourth-order valence-corrected chi connectivity index (χ4v) is 6.18. The Morgan fingerprint density at radius 1 is 1.19 bits per heavy atom. The van der Waals surface area contributed by atoms with Crippen LogP contribution in [0.25, 0.3) is 0 Å². The second-order valence-corrected chi connectivity index (χ2v) is 8.58. The summed E-state index contributed by atoms with van der Waals surface area (Å²) in [5, 5.41) is 0. The van der Waals surface area contributed by atoms with Gasteiger partial charge in [-0.05, 0) is 55.8 Å². The number of hydrogen-bond donors (Lipinski definition) is 0. The first-order valence-electron chi connectivity index (χ1n) is 8.87. The van der Waals surface area contributed by atoms with Gasteiger partial charge in [0, 0.05) is 17.3 Å². The molecular formula is C20H28O. The van der Waals surface area contributed by atoms with Crippen molar-refractivity contribution in [3.63, 3.8) is 0 Å². The first-order valence-corrected chi connectivity index (χ1v) is 8.87. The van der Waals surface area contributed by atoms with E-state index in [1.807, 2.05) is 0 Å². The molecule has 0 N–H and O–H groups in total. The second kappa shape index (κ2) is 4.33. The molecule has 4 rings (SSSR count). The van der Waals surface area contributed by atoms with E-state index in [4.69, 9.17) is 0 Å². The molecule has 0 amide bonds. The van der Waals surface area contributed by atoms with Gasteiger partial charge in [0.15, 0.2) is 0 Å². The van der Waals surface area contributed by atoms with Gasteiger partial charge in [-0.25, -0.2) is 0 Å². The average molecular weight is 284 g/mol. The number of carbonyl (C=O) groups excluding carboxylic acids is 1. The Balaban J connectivity index is 1.72. The topological polar surface area (TPSA) is 17.1 Å². The summed E-state index contributed by atoms with van der Waals surface area (Å²) < 4.78 is 0. The van der Waals surface area contributed by atoms with Gasteiger partial charge in [-0.3, -0.25) is 4.79 Å². The monoisotopic (exact) mass is 284 g/mol. The minimum Gasteiger partial charge on any atom is -0.299 e. The van der Waals surface area contributed by atoms with Gasteiger partial charge in [0.2, 0.25) is 0 Å². The van der Waals surface area contributed by atoms with Crippen LogP contribution in [-0.4, -0.2) is 5.78 Å². The molecule has 0 aliphatic heterocycles. The highest BCUT2D eigenvalue weighted by molar-refractivity contribution is 5.87. The lowest BCUT2D eigenvalue weighted by atomic mass is 9.49. The molecule has 0 aromatic rings. The lowest BCUT2D eigenvalue weighted by Crippen LogP contribution is -2.49. The lowest BCUT2D eigenvalue weighted by molar-refractivity contribution is -0.131. The van der Waals surface area contributed by atoms with Crippen molar-refractivity contribution < 1.29 is 4.79 Å². The van der Waals surface area contributed by atoms with Gasteiger partial charge < -0.3 is 0 Å². The van der Waals surface area contributed by atoms with Crippen LogP contribution in [0.4, 0.5) is 0 Å². The highest BCUT2D eigenvalue weighted by Crippen LogP contribution is 2.63. The van der Waals surface area contributed by atoms with Gasteiger partial charge in [-0.15, -0.1) is 0 Å². The SMILES string of the molecule is CC1C=CC2(C)C(=CCC3C2CCC2(C)C(=O)CCC32)C1. The summed E-state index contributed by atoms with van der Waals surface area (Å²) in [6, 6.07) is 0. The van der Waals surface area contributed by atoms with E-state index in [1.54, 1.807) is 5.57 Å². The lowest BCUT2D eigenvalue weighted by Gasteiger charge is -2.55. The van der Waals surface area contributed by atoms with Crippen LogP contribution in [0.5, 0.6) is 0 Å². The van der Waals surface area contributed by atoms with Crippen molar-refractivity contribution in [3.8, 4) is 0 Å². The molecule has 114 valence electrons. The molecule has 0 aromatic heterocycles. The summed E-state index contributed by atoms with van der Waals surface area (Å²) in [6.07, 6.45) is 14.3. The predicted octanol–water partition coefficient (Wildman–Crippen LogP) is 4.93. The summed E-state index contributed by atoms with van der Waals surface area (Å²) in [5.74, 6) is 3.40. The smallest absolute Gasteiger partial charge is 0.139 e. The first kappa shape index (κ1) is 13.8. The van der Waals surface area contributed by atoms with Gasteiger partial charge in [-0.1, -0.05) is 44.6 Å². The molecule has 2 saturated carbocycles. The third kappa shape index (κ3) is 1.72. The van der Waals surface area contributed by atoms with E-state index >= 15 is 0 Å². The molecule has 4 aliphatic carbocycles. The number of carbonyl (C=O) groups is 1. The van der Waals surface area contributed by atoms with E-state index in [9.17, 15) is 4.79 Å². The molecule has 0 saturated heterocycles. The minimum atomic E-state index is 0.00847. The van der Waals surface area contributed by atoms with Crippen LogP contribution in [0.3, 0.4) is 0 Å². The van der Waals surface area contributed by atoms with Gasteiger partial charge in [0.1, 0.15) is 5.78 Å². The molecule has 6 atom stereocenters. The number of Topliss-reactive ketones (excluding diaryl/α,β-unsaturated/α-hetero) is 1. The zero-order valence-corrected chi connectivity index (χ0v) is 13.7. The summed E-state index contributed by atoms with van der Waals surface area (Å²) in [7, 11) is 0. The molecule has 4 aliphatic rings. The fraction of sp³-hybridized carbons (Fsp3) is 0.750. The van der Waals surface area contributed by atoms with Gasteiger partial charge >= 0.3 is 0 Å². The summed E-state index contributed by atoms with van der Waals surface area (Å²) >= 11 is 0. The molecule has 0 bridgehead atoms. The predicted molar refractivity (Wildman–Crippen MR) is 85.8 cm³/mol. The maximum Gasteiger partial charge on any atom is 0.139 e. The van der Waals surface area contributed by atoms with E-state index < -0.39 is 0 Å². The third-order valence-corrected chi connectivity index (χ3v) is 7.56.